The summed E-state index contributed by atoms with van der Waals surface area (Å²) in [6, 6.07) is 9.36. The first-order valence-electron chi connectivity index (χ1n) is 6.70. The number of phenols is 2. The number of anilines is 2. The van der Waals surface area contributed by atoms with Gasteiger partial charge in [0, 0.05) is 29.0 Å². The maximum absolute atomic E-state index is 12.7. The van der Waals surface area contributed by atoms with Crippen LogP contribution in [0, 0.1) is 0 Å². The molecule has 2 aromatic rings. The van der Waals surface area contributed by atoms with E-state index >= 15 is 0 Å². The third kappa shape index (κ3) is 2.27. The fourth-order valence-electron chi connectivity index (χ4n) is 2.82. The predicted molar refractivity (Wildman–Crippen MR) is 80.6 cm³/mol. The second-order valence-corrected chi connectivity index (χ2v) is 5.35. The van der Waals surface area contributed by atoms with Gasteiger partial charge in [-0.3, -0.25) is 4.79 Å². The van der Waals surface area contributed by atoms with Gasteiger partial charge in [-0.1, -0.05) is 0 Å². The first-order chi connectivity index (χ1) is 9.95. The van der Waals surface area contributed by atoms with Crippen molar-refractivity contribution in [1.29, 1.82) is 0 Å². The van der Waals surface area contributed by atoms with Gasteiger partial charge in [0.15, 0.2) is 0 Å². The Kier molecular flexibility index (Phi) is 2.97. The molecular formula is C16H16N2O3. The Balaban J connectivity index is 2.02. The van der Waals surface area contributed by atoms with Gasteiger partial charge in [-0.25, -0.2) is 0 Å². The Labute approximate surface area is 122 Å². The molecule has 4 N–H and O–H groups in total. The molecule has 1 heterocycles. The van der Waals surface area contributed by atoms with E-state index in [1.54, 1.807) is 11.0 Å². The zero-order valence-corrected chi connectivity index (χ0v) is 11.6. The van der Waals surface area contributed by atoms with Crippen LogP contribution in [-0.2, 0) is 6.42 Å². The molecule has 0 bridgehead atoms. The lowest BCUT2D eigenvalue weighted by atomic mass is 10.1. The lowest BCUT2D eigenvalue weighted by Crippen LogP contribution is -2.35. The quantitative estimate of drug-likeness (QED) is 0.701. The first kappa shape index (κ1) is 13.3. The monoisotopic (exact) mass is 284 g/mol. The molecule has 1 atom stereocenters. The van der Waals surface area contributed by atoms with Crippen LogP contribution >= 0.6 is 0 Å². The maximum Gasteiger partial charge on any atom is 0.258 e. The smallest absolute Gasteiger partial charge is 0.258 e. The van der Waals surface area contributed by atoms with Crippen LogP contribution < -0.4 is 10.6 Å². The summed E-state index contributed by atoms with van der Waals surface area (Å²) in [5.74, 6) is -0.525. The number of nitrogens with two attached hydrogens (primary N) is 1. The number of amides is 1. The number of carbonyl (C=O) groups excluding carboxylic acids is 1. The summed E-state index contributed by atoms with van der Waals surface area (Å²) in [7, 11) is 0. The Hall–Kier alpha value is -2.69. The van der Waals surface area contributed by atoms with Gasteiger partial charge in [-0.05, 0) is 49.2 Å². The molecule has 108 valence electrons. The van der Waals surface area contributed by atoms with Crippen LogP contribution in [0.4, 0.5) is 11.4 Å². The zero-order chi connectivity index (χ0) is 15.1. The van der Waals surface area contributed by atoms with Gasteiger partial charge in [0.2, 0.25) is 0 Å². The summed E-state index contributed by atoms with van der Waals surface area (Å²) in [5, 5.41) is 19.1. The average Bonchev–Trinajstić information content (AvgIpc) is 2.71. The van der Waals surface area contributed by atoms with Crippen LogP contribution in [0.15, 0.2) is 36.4 Å². The highest BCUT2D eigenvalue weighted by Crippen LogP contribution is 2.35. The molecule has 0 aromatic heterocycles. The van der Waals surface area contributed by atoms with E-state index in [0.29, 0.717) is 5.69 Å². The number of nitrogens with zero attached hydrogens (tertiary/aromatic N) is 1. The van der Waals surface area contributed by atoms with Crippen LogP contribution in [0.25, 0.3) is 0 Å². The number of hydrogen-bond donors (Lipinski definition) is 3. The minimum Gasteiger partial charge on any atom is -0.508 e. The molecule has 0 radical (unpaired) electrons. The normalized spacial score (nSPS) is 16.8. The van der Waals surface area contributed by atoms with Gasteiger partial charge in [0.05, 0.1) is 0 Å². The number of fused-ring (bicyclic) bond motifs is 1. The number of nitrogen functional groups attached to an aromatic ring is 1. The van der Waals surface area contributed by atoms with Crippen molar-refractivity contribution in [3.63, 3.8) is 0 Å². The van der Waals surface area contributed by atoms with Crippen LogP contribution in [-0.4, -0.2) is 22.2 Å². The molecule has 21 heavy (non-hydrogen) atoms. The number of benzene rings is 2. The van der Waals surface area contributed by atoms with Gasteiger partial charge in [-0.2, -0.15) is 0 Å². The molecule has 5 nitrogen and oxygen atoms in total. The maximum atomic E-state index is 12.7. The van der Waals surface area contributed by atoms with Crippen LogP contribution in [0.3, 0.4) is 0 Å². The minimum absolute atomic E-state index is 0.00112. The predicted octanol–water partition coefficient (Wildman–Crippen LogP) is 2.27. The summed E-state index contributed by atoms with van der Waals surface area (Å²) < 4.78 is 0. The Morgan fingerprint density at radius 2 is 1.86 bits per heavy atom. The van der Waals surface area contributed by atoms with Crippen LogP contribution in [0.2, 0.25) is 0 Å². The van der Waals surface area contributed by atoms with E-state index in [1.165, 1.54) is 18.2 Å². The molecule has 5 heteroatoms. The third-order valence-corrected chi connectivity index (χ3v) is 3.69. The van der Waals surface area contributed by atoms with Crippen molar-refractivity contribution in [1.82, 2.24) is 0 Å². The number of rotatable bonds is 1. The Morgan fingerprint density at radius 1 is 1.19 bits per heavy atom. The Morgan fingerprint density at radius 3 is 2.52 bits per heavy atom. The molecule has 1 amide bonds. The fraction of sp³-hybridized carbons (Fsp3) is 0.188. The molecule has 2 aromatic carbocycles. The van der Waals surface area contributed by atoms with Crippen molar-refractivity contribution in [2.24, 2.45) is 0 Å². The summed E-state index contributed by atoms with van der Waals surface area (Å²) in [5.41, 5.74) is 8.56. The summed E-state index contributed by atoms with van der Waals surface area (Å²) in [4.78, 5) is 14.4. The minimum atomic E-state index is -0.253. The lowest BCUT2D eigenvalue weighted by Gasteiger charge is -2.23. The average molecular weight is 284 g/mol. The Bertz CT molecular complexity index is 707. The van der Waals surface area contributed by atoms with E-state index in [0.717, 1.165) is 17.7 Å². The van der Waals surface area contributed by atoms with Crippen molar-refractivity contribution in [3.05, 3.63) is 47.5 Å². The van der Waals surface area contributed by atoms with Crippen molar-refractivity contribution < 1.29 is 15.0 Å². The number of phenolic OH excluding ortho intramolecular Hbond substituents is 2. The number of aromatic hydroxyl groups is 2. The van der Waals surface area contributed by atoms with Crippen LogP contribution in [0.1, 0.15) is 22.8 Å². The van der Waals surface area contributed by atoms with E-state index in [4.69, 9.17) is 5.73 Å². The second-order valence-electron chi connectivity index (χ2n) is 5.35. The zero-order valence-electron chi connectivity index (χ0n) is 11.6. The fourth-order valence-corrected chi connectivity index (χ4v) is 2.82. The van der Waals surface area contributed by atoms with E-state index < -0.39 is 0 Å². The second kappa shape index (κ2) is 4.70. The van der Waals surface area contributed by atoms with E-state index in [-0.39, 0.29) is 29.0 Å². The molecule has 1 aliphatic rings. The molecule has 3 rings (SSSR count). The largest absolute Gasteiger partial charge is 0.508 e. The van der Waals surface area contributed by atoms with Gasteiger partial charge in [0.1, 0.15) is 11.5 Å². The molecule has 0 fully saturated rings. The van der Waals surface area contributed by atoms with Crippen molar-refractivity contribution in [2.45, 2.75) is 19.4 Å². The lowest BCUT2D eigenvalue weighted by molar-refractivity contribution is 0.0980. The third-order valence-electron chi connectivity index (χ3n) is 3.69. The SMILES string of the molecule is CC1Cc2cc(N)ccc2N1C(=O)c1cc(O)cc(O)c1. The number of carbonyl (C=O) groups is 1. The standard InChI is InChI=1S/C16H16N2O3/c1-9-4-10-5-12(17)2-3-15(10)18(9)16(21)11-6-13(19)8-14(20)7-11/h2-3,5-9,19-20H,4,17H2,1H3. The molecule has 0 aliphatic carbocycles. The molecule has 0 spiro atoms. The highest BCUT2D eigenvalue weighted by atomic mass is 16.3. The highest BCUT2D eigenvalue weighted by Gasteiger charge is 2.31. The highest BCUT2D eigenvalue weighted by molar-refractivity contribution is 6.08. The topological polar surface area (TPSA) is 86.8 Å². The molecule has 0 saturated carbocycles. The summed E-state index contributed by atoms with van der Waals surface area (Å²) >= 11 is 0. The summed E-state index contributed by atoms with van der Waals surface area (Å²) in [6.07, 6.45) is 0.733. The van der Waals surface area contributed by atoms with Gasteiger partial charge in [0.25, 0.3) is 5.91 Å². The molecule has 0 saturated heterocycles. The van der Waals surface area contributed by atoms with Crippen molar-refractivity contribution in [2.75, 3.05) is 10.6 Å². The molecular weight excluding hydrogens is 268 g/mol. The molecule has 1 unspecified atom stereocenters. The van der Waals surface area contributed by atoms with E-state index in [2.05, 4.69) is 0 Å². The van der Waals surface area contributed by atoms with Crippen molar-refractivity contribution >= 4 is 17.3 Å². The number of hydrogen-bond acceptors (Lipinski definition) is 4. The first-order valence-corrected chi connectivity index (χ1v) is 6.70. The van der Waals surface area contributed by atoms with Gasteiger partial charge < -0.3 is 20.8 Å². The van der Waals surface area contributed by atoms with E-state index in [1.807, 2.05) is 19.1 Å². The molecule has 1 aliphatic heterocycles. The van der Waals surface area contributed by atoms with Crippen molar-refractivity contribution in [3.8, 4) is 11.5 Å². The summed E-state index contributed by atoms with van der Waals surface area (Å²) in [6.45, 7) is 1.96. The van der Waals surface area contributed by atoms with Gasteiger partial charge in [-0.15, -0.1) is 0 Å². The van der Waals surface area contributed by atoms with Crippen LogP contribution in [0.5, 0.6) is 11.5 Å². The van der Waals surface area contributed by atoms with Gasteiger partial charge >= 0.3 is 0 Å². The van der Waals surface area contributed by atoms with E-state index in [9.17, 15) is 15.0 Å².